The van der Waals surface area contributed by atoms with E-state index in [2.05, 4.69) is 20.4 Å². The van der Waals surface area contributed by atoms with E-state index in [0.29, 0.717) is 6.10 Å². The average Bonchev–Trinajstić information content (AvgIpc) is 2.03. The summed E-state index contributed by atoms with van der Waals surface area (Å²) in [6.45, 7) is 8.75. The van der Waals surface area contributed by atoms with Gasteiger partial charge in [0.15, 0.2) is 0 Å². The van der Waals surface area contributed by atoms with E-state index in [-0.39, 0.29) is 0 Å². The van der Waals surface area contributed by atoms with E-state index >= 15 is 0 Å². The molecule has 1 heteroatoms. The fourth-order valence-electron chi connectivity index (χ4n) is 1.13. The normalized spacial score (nSPS) is 12.9. The first-order valence-electron chi connectivity index (χ1n) is 4.57. The number of rotatable bonds is 7. The Kier molecular flexibility index (Phi) is 7.59. The zero-order valence-corrected chi connectivity index (χ0v) is 7.81. The highest BCUT2D eigenvalue weighted by atomic mass is 16.5. The zero-order valence-electron chi connectivity index (χ0n) is 7.81. The second kappa shape index (κ2) is 7.80. The number of hydrogen-bond donors (Lipinski definition) is 0. The summed E-state index contributed by atoms with van der Waals surface area (Å²) >= 11 is 0. The van der Waals surface area contributed by atoms with Gasteiger partial charge in [0.1, 0.15) is 0 Å². The van der Waals surface area contributed by atoms with Crippen molar-refractivity contribution in [2.45, 2.75) is 45.6 Å². The van der Waals surface area contributed by atoms with Gasteiger partial charge >= 0.3 is 0 Å². The van der Waals surface area contributed by atoms with Gasteiger partial charge in [-0.2, -0.15) is 0 Å². The fraction of sp³-hybridized carbons (Fsp3) is 0.800. The molecule has 0 aromatic heterocycles. The van der Waals surface area contributed by atoms with Crippen LogP contribution in [0.5, 0.6) is 0 Å². The molecule has 11 heavy (non-hydrogen) atoms. The predicted octanol–water partition coefficient (Wildman–Crippen LogP) is 3.16. The van der Waals surface area contributed by atoms with Crippen molar-refractivity contribution in [3.8, 4) is 0 Å². The summed E-state index contributed by atoms with van der Waals surface area (Å²) in [5, 5.41) is 0. The maximum Gasteiger partial charge on any atom is 0.0572 e. The van der Waals surface area contributed by atoms with Crippen LogP contribution in [0.25, 0.3) is 0 Å². The second-order valence-electron chi connectivity index (χ2n) is 2.71. The largest absolute Gasteiger partial charge is 0.379 e. The van der Waals surface area contributed by atoms with Crippen LogP contribution in [-0.4, -0.2) is 12.7 Å². The highest BCUT2D eigenvalue weighted by Gasteiger charge is 2.03. The minimum Gasteiger partial charge on any atom is -0.379 e. The molecule has 0 radical (unpaired) electrons. The summed E-state index contributed by atoms with van der Waals surface area (Å²) in [5.74, 6) is 0. The van der Waals surface area contributed by atoms with Gasteiger partial charge < -0.3 is 4.74 Å². The summed E-state index contributed by atoms with van der Waals surface area (Å²) in [4.78, 5) is 0. The monoisotopic (exact) mass is 156 g/mol. The molecule has 0 saturated heterocycles. The third kappa shape index (κ3) is 6.11. The van der Waals surface area contributed by atoms with Crippen molar-refractivity contribution in [3.05, 3.63) is 12.7 Å². The Morgan fingerprint density at radius 2 is 2.18 bits per heavy atom. The van der Waals surface area contributed by atoms with Gasteiger partial charge in [0.05, 0.1) is 6.10 Å². The Hall–Kier alpha value is -0.300. The van der Waals surface area contributed by atoms with Crippen LogP contribution in [0.2, 0.25) is 0 Å². The predicted molar refractivity (Wildman–Crippen MR) is 49.8 cm³/mol. The molecule has 0 aliphatic heterocycles. The molecule has 0 aromatic rings. The Bertz CT molecular complexity index is 88.9. The summed E-state index contributed by atoms with van der Waals surface area (Å²) < 4.78 is 5.50. The number of ether oxygens (including phenoxy) is 1. The lowest BCUT2D eigenvalue weighted by atomic mass is 10.1. The van der Waals surface area contributed by atoms with Crippen LogP contribution >= 0.6 is 0 Å². The second-order valence-corrected chi connectivity index (χ2v) is 2.71. The van der Waals surface area contributed by atoms with E-state index in [4.69, 9.17) is 4.74 Å². The van der Waals surface area contributed by atoms with Gasteiger partial charge in [-0.15, -0.1) is 6.58 Å². The third-order valence-corrected chi connectivity index (χ3v) is 1.79. The Morgan fingerprint density at radius 3 is 2.64 bits per heavy atom. The quantitative estimate of drug-likeness (QED) is 0.406. The third-order valence-electron chi connectivity index (χ3n) is 1.79. The van der Waals surface area contributed by atoms with Gasteiger partial charge in [0, 0.05) is 6.61 Å². The first-order chi connectivity index (χ1) is 5.35. The van der Waals surface area contributed by atoms with Crippen molar-refractivity contribution < 1.29 is 4.74 Å². The van der Waals surface area contributed by atoms with Gasteiger partial charge in [0.25, 0.3) is 0 Å². The van der Waals surface area contributed by atoms with Crippen LogP contribution in [0.4, 0.5) is 0 Å². The van der Waals surface area contributed by atoms with Crippen molar-refractivity contribution in [1.29, 1.82) is 0 Å². The van der Waals surface area contributed by atoms with E-state index in [9.17, 15) is 0 Å². The summed E-state index contributed by atoms with van der Waals surface area (Å²) in [5.41, 5.74) is 0. The van der Waals surface area contributed by atoms with Gasteiger partial charge in [-0.25, -0.2) is 0 Å². The smallest absolute Gasteiger partial charge is 0.0572 e. The molecule has 0 aromatic carbocycles. The average molecular weight is 156 g/mol. The van der Waals surface area contributed by atoms with Crippen LogP contribution in [0, 0.1) is 0 Å². The lowest BCUT2D eigenvalue weighted by Gasteiger charge is -2.13. The molecule has 1 atom stereocenters. The van der Waals surface area contributed by atoms with Gasteiger partial charge in [-0.3, -0.25) is 0 Å². The Balaban J connectivity index is 3.27. The van der Waals surface area contributed by atoms with Crippen LogP contribution in [0.3, 0.4) is 0 Å². The van der Waals surface area contributed by atoms with Gasteiger partial charge in [0.2, 0.25) is 0 Å². The molecule has 0 bridgehead atoms. The Morgan fingerprint density at radius 1 is 1.45 bits per heavy atom. The molecule has 0 saturated carbocycles. The van der Waals surface area contributed by atoms with Crippen molar-refractivity contribution in [3.63, 3.8) is 0 Å². The topological polar surface area (TPSA) is 9.23 Å². The highest BCUT2D eigenvalue weighted by molar-refractivity contribution is 4.67. The Labute approximate surface area is 70.4 Å². The summed E-state index contributed by atoms with van der Waals surface area (Å²) in [6, 6.07) is 0. The summed E-state index contributed by atoms with van der Waals surface area (Å²) in [7, 11) is 0. The van der Waals surface area contributed by atoms with Crippen molar-refractivity contribution in [2.24, 2.45) is 0 Å². The standard InChI is InChI=1S/C10H20O/c1-4-7-8-9-10(5-2)11-6-3/h4,10H,1,5-9H2,2-3H3. The summed E-state index contributed by atoms with van der Waals surface area (Å²) in [6.07, 6.45) is 7.07. The number of unbranched alkanes of at least 4 members (excludes halogenated alkanes) is 1. The minimum absolute atomic E-state index is 0.472. The molecule has 0 aliphatic rings. The highest BCUT2D eigenvalue weighted by Crippen LogP contribution is 2.08. The fourth-order valence-corrected chi connectivity index (χ4v) is 1.13. The molecule has 0 spiro atoms. The molecular formula is C10H20O. The van der Waals surface area contributed by atoms with Crippen molar-refractivity contribution in [2.75, 3.05) is 6.61 Å². The van der Waals surface area contributed by atoms with Crippen LogP contribution in [0.15, 0.2) is 12.7 Å². The molecule has 1 unspecified atom stereocenters. The first-order valence-corrected chi connectivity index (χ1v) is 4.57. The lowest BCUT2D eigenvalue weighted by Crippen LogP contribution is -2.10. The SMILES string of the molecule is C=CCCCC(CC)OCC. The van der Waals surface area contributed by atoms with Crippen molar-refractivity contribution in [1.82, 2.24) is 0 Å². The van der Waals surface area contributed by atoms with Crippen LogP contribution in [0.1, 0.15) is 39.5 Å². The van der Waals surface area contributed by atoms with E-state index in [1.165, 1.54) is 12.8 Å². The van der Waals surface area contributed by atoms with Crippen molar-refractivity contribution >= 4 is 0 Å². The molecule has 0 N–H and O–H groups in total. The molecule has 0 aliphatic carbocycles. The number of hydrogen-bond acceptors (Lipinski definition) is 1. The van der Waals surface area contributed by atoms with Crippen LogP contribution < -0.4 is 0 Å². The van der Waals surface area contributed by atoms with Crippen LogP contribution in [-0.2, 0) is 4.74 Å². The maximum absolute atomic E-state index is 5.50. The van der Waals surface area contributed by atoms with Gasteiger partial charge in [-0.1, -0.05) is 13.0 Å². The van der Waals surface area contributed by atoms with E-state index in [1.807, 2.05) is 6.08 Å². The minimum atomic E-state index is 0.472. The maximum atomic E-state index is 5.50. The molecule has 0 heterocycles. The molecular weight excluding hydrogens is 136 g/mol. The van der Waals surface area contributed by atoms with E-state index < -0.39 is 0 Å². The molecule has 66 valence electrons. The molecule has 0 fully saturated rings. The number of allylic oxidation sites excluding steroid dienone is 1. The first kappa shape index (κ1) is 10.7. The molecule has 1 nitrogen and oxygen atoms in total. The molecule has 0 rings (SSSR count). The lowest BCUT2D eigenvalue weighted by molar-refractivity contribution is 0.0530. The zero-order chi connectivity index (χ0) is 8.53. The van der Waals surface area contributed by atoms with Gasteiger partial charge in [-0.05, 0) is 32.6 Å². The van der Waals surface area contributed by atoms with E-state index in [0.717, 1.165) is 19.4 Å². The van der Waals surface area contributed by atoms with E-state index in [1.54, 1.807) is 0 Å². The molecule has 0 amide bonds.